The topological polar surface area (TPSA) is 32.9 Å². The summed E-state index contributed by atoms with van der Waals surface area (Å²) in [7, 11) is 0. The van der Waals surface area contributed by atoms with E-state index < -0.39 is 5.38 Å². The second kappa shape index (κ2) is 5.74. The van der Waals surface area contributed by atoms with Crippen molar-refractivity contribution in [3.05, 3.63) is 71.4 Å². The molecule has 1 atom stereocenters. The number of halogens is 1. The van der Waals surface area contributed by atoms with Gasteiger partial charge in [-0.3, -0.25) is 4.79 Å². The number of alkyl halides is 1. The Balaban J connectivity index is 2.03. The fraction of sp³-hybridized carbons (Fsp3) is 0.167. The number of hydrogen-bond donors (Lipinski definition) is 1. The number of carbonyl (C=O) groups excluding carboxylic acids is 1. The summed E-state index contributed by atoms with van der Waals surface area (Å²) < 4.78 is 0. The lowest BCUT2D eigenvalue weighted by Gasteiger charge is -2.08. The molecule has 0 aliphatic rings. The third-order valence-corrected chi connectivity index (χ3v) is 4.22. The van der Waals surface area contributed by atoms with Gasteiger partial charge in [-0.15, -0.1) is 11.6 Å². The molecule has 2 nitrogen and oxygen atoms in total. The summed E-state index contributed by atoms with van der Waals surface area (Å²) in [6, 6.07) is 15.5. The summed E-state index contributed by atoms with van der Waals surface area (Å²) in [4.78, 5) is 15.9. The molecule has 21 heavy (non-hydrogen) atoms. The number of aryl methyl sites for hydroxylation is 1. The molecule has 0 radical (unpaired) electrons. The smallest absolute Gasteiger partial charge is 0.187 e. The number of para-hydroxylation sites is 1. The van der Waals surface area contributed by atoms with Crippen LogP contribution in [0.2, 0.25) is 0 Å². The Morgan fingerprint density at radius 2 is 1.90 bits per heavy atom. The fourth-order valence-electron chi connectivity index (χ4n) is 2.63. The molecular weight excluding hydrogens is 282 g/mol. The van der Waals surface area contributed by atoms with E-state index in [4.69, 9.17) is 11.6 Å². The Morgan fingerprint density at radius 3 is 2.62 bits per heavy atom. The van der Waals surface area contributed by atoms with E-state index in [-0.39, 0.29) is 5.78 Å². The first-order valence-electron chi connectivity index (χ1n) is 7.04. The molecule has 0 saturated heterocycles. The third kappa shape index (κ3) is 2.47. The molecule has 1 N–H and O–H groups in total. The number of fused-ring (bicyclic) bond motifs is 1. The van der Waals surface area contributed by atoms with Gasteiger partial charge in [0.05, 0.1) is 0 Å². The quantitative estimate of drug-likeness (QED) is 0.539. The maximum Gasteiger partial charge on any atom is 0.187 e. The number of Topliss-reactive ketones (excluding diaryl/α,β-unsaturated/α-hetero) is 1. The van der Waals surface area contributed by atoms with Crippen molar-refractivity contribution in [2.24, 2.45) is 0 Å². The highest BCUT2D eigenvalue weighted by molar-refractivity contribution is 6.35. The molecule has 0 fully saturated rings. The zero-order valence-corrected chi connectivity index (χ0v) is 12.5. The number of H-pyrrole nitrogens is 1. The van der Waals surface area contributed by atoms with Crippen LogP contribution in [0.25, 0.3) is 10.9 Å². The zero-order valence-electron chi connectivity index (χ0n) is 11.8. The van der Waals surface area contributed by atoms with Crippen LogP contribution in [0, 0.1) is 0 Å². The molecule has 0 amide bonds. The summed E-state index contributed by atoms with van der Waals surface area (Å²) in [5, 5.41) is 0.288. The van der Waals surface area contributed by atoms with Gasteiger partial charge in [0.1, 0.15) is 5.38 Å². The maximum atomic E-state index is 12.7. The van der Waals surface area contributed by atoms with E-state index in [2.05, 4.69) is 18.0 Å². The van der Waals surface area contributed by atoms with Crippen LogP contribution in [0.5, 0.6) is 0 Å². The molecule has 0 spiro atoms. The molecule has 3 rings (SSSR count). The van der Waals surface area contributed by atoms with Gasteiger partial charge in [-0.1, -0.05) is 55.5 Å². The van der Waals surface area contributed by atoms with E-state index in [9.17, 15) is 4.79 Å². The van der Waals surface area contributed by atoms with E-state index in [1.54, 1.807) is 6.20 Å². The molecule has 2 aromatic carbocycles. The molecular formula is C18H16ClNO. The number of benzene rings is 2. The van der Waals surface area contributed by atoms with E-state index in [0.717, 1.165) is 22.9 Å². The van der Waals surface area contributed by atoms with Gasteiger partial charge in [0.25, 0.3) is 0 Å². The van der Waals surface area contributed by atoms with Gasteiger partial charge in [0, 0.05) is 22.7 Å². The van der Waals surface area contributed by atoms with Crippen molar-refractivity contribution in [2.45, 2.75) is 18.7 Å². The lowest BCUT2D eigenvalue weighted by atomic mass is 10.0. The van der Waals surface area contributed by atoms with E-state index in [1.807, 2.05) is 42.5 Å². The van der Waals surface area contributed by atoms with Crippen LogP contribution < -0.4 is 0 Å². The number of ketones is 1. The van der Waals surface area contributed by atoms with Crippen LogP contribution in [0.3, 0.4) is 0 Å². The number of aromatic amines is 1. The summed E-state index contributed by atoms with van der Waals surface area (Å²) in [6.07, 6.45) is 2.69. The number of carbonyl (C=O) groups is 1. The zero-order chi connectivity index (χ0) is 14.8. The minimum absolute atomic E-state index is 0.0673. The molecule has 0 aliphatic heterocycles. The first-order valence-corrected chi connectivity index (χ1v) is 7.48. The first kappa shape index (κ1) is 13.9. The predicted molar refractivity (Wildman–Crippen MR) is 87.0 cm³/mol. The Hall–Kier alpha value is -2.06. The van der Waals surface area contributed by atoms with Gasteiger partial charge in [0.2, 0.25) is 0 Å². The Morgan fingerprint density at radius 1 is 1.14 bits per heavy atom. The number of aromatic nitrogens is 1. The molecule has 0 unspecified atom stereocenters. The predicted octanol–water partition coefficient (Wildman–Crippen LogP) is 4.89. The van der Waals surface area contributed by atoms with Crippen molar-refractivity contribution in [2.75, 3.05) is 0 Å². The van der Waals surface area contributed by atoms with Gasteiger partial charge in [0.15, 0.2) is 5.78 Å². The van der Waals surface area contributed by atoms with Crippen LogP contribution >= 0.6 is 11.6 Å². The minimum Gasteiger partial charge on any atom is -0.360 e. The SMILES string of the molecule is CCc1cccc2c(C(=O)[C@H](Cl)c3ccccc3)c[nH]c12. The number of hydrogen-bond acceptors (Lipinski definition) is 1. The summed E-state index contributed by atoms with van der Waals surface area (Å²) in [5.41, 5.74) is 3.71. The number of nitrogens with one attached hydrogen (secondary N) is 1. The van der Waals surface area contributed by atoms with Crippen molar-refractivity contribution in [1.29, 1.82) is 0 Å². The van der Waals surface area contributed by atoms with Crippen LogP contribution in [0.15, 0.2) is 54.7 Å². The molecule has 0 saturated carbocycles. The van der Waals surface area contributed by atoms with Gasteiger partial charge >= 0.3 is 0 Å². The summed E-state index contributed by atoms with van der Waals surface area (Å²) >= 11 is 6.36. The van der Waals surface area contributed by atoms with E-state index in [1.165, 1.54) is 5.56 Å². The van der Waals surface area contributed by atoms with Gasteiger partial charge in [-0.25, -0.2) is 0 Å². The highest BCUT2D eigenvalue weighted by Gasteiger charge is 2.22. The van der Waals surface area contributed by atoms with Crippen LogP contribution in [0.4, 0.5) is 0 Å². The largest absolute Gasteiger partial charge is 0.360 e. The van der Waals surface area contributed by atoms with Crippen molar-refractivity contribution in [1.82, 2.24) is 4.98 Å². The van der Waals surface area contributed by atoms with Crippen LogP contribution in [0.1, 0.15) is 33.8 Å². The maximum absolute atomic E-state index is 12.7. The van der Waals surface area contributed by atoms with Crippen molar-refractivity contribution >= 4 is 28.3 Å². The fourth-order valence-corrected chi connectivity index (χ4v) is 2.89. The Bertz CT molecular complexity index is 776. The van der Waals surface area contributed by atoms with E-state index >= 15 is 0 Å². The lowest BCUT2D eigenvalue weighted by Crippen LogP contribution is -2.06. The van der Waals surface area contributed by atoms with Gasteiger partial charge in [-0.05, 0) is 17.5 Å². The Labute approximate surface area is 128 Å². The summed E-state index contributed by atoms with van der Waals surface area (Å²) in [6.45, 7) is 2.10. The third-order valence-electron chi connectivity index (χ3n) is 3.77. The van der Waals surface area contributed by atoms with Crippen LogP contribution in [-0.2, 0) is 6.42 Å². The number of rotatable bonds is 4. The molecule has 106 valence electrons. The first-order chi connectivity index (χ1) is 10.2. The second-order valence-electron chi connectivity index (χ2n) is 5.03. The molecule has 0 bridgehead atoms. The highest BCUT2D eigenvalue weighted by Crippen LogP contribution is 2.29. The average molecular weight is 298 g/mol. The minimum atomic E-state index is -0.657. The molecule has 3 heteroatoms. The molecule has 1 aromatic heterocycles. The van der Waals surface area contributed by atoms with Gasteiger partial charge < -0.3 is 4.98 Å². The summed E-state index contributed by atoms with van der Waals surface area (Å²) in [5.74, 6) is -0.0673. The van der Waals surface area contributed by atoms with Gasteiger partial charge in [-0.2, -0.15) is 0 Å². The molecule has 1 heterocycles. The normalized spacial score (nSPS) is 12.5. The van der Waals surface area contributed by atoms with E-state index in [0.29, 0.717) is 5.56 Å². The molecule has 3 aromatic rings. The highest BCUT2D eigenvalue weighted by atomic mass is 35.5. The van der Waals surface area contributed by atoms with Crippen LogP contribution in [-0.4, -0.2) is 10.8 Å². The second-order valence-corrected chi connectivity index (χ2v) is 5.47. The molecule has 0 aliphatic carbocycles. The standard InChI is InChI=1S/C18H16ClNO/c1-2-12-9-6-10-14-15(11-20-17(12)14)18(21)16(19)13-7-4-3-5-8-13/h3-11,16,20H,2H2,1H3/t16-/m1/s1. The lowest BCUT2D eigenvalue weighted by molar-refractivity contribution is 0.0988. The Kier molecular flexibility index (Phi) is 3.80. The van der Waals surface area contributed by atoms with Crippen molar-refractivity contribution in [3.8, 4) is 0 Å². The van der Waals surface area contributed by atoms with Crippen molar-refractivity contribution in [3.63, 3.8) is 0 Å². The van der Waals surface area contributed by atoms with Crippen molar-refractivity contribution < 1.29 is 4.79 Å². The average Bonchev–Trinajstić information content (AvgIpc) is 2.98. The monoisotopic (exact) mass is 297 g/mol.